The molecule has 4 heteroatoms. The summed E-state index contributed by atoms with van der Waals surface area (Å²) in [4.78, 5) is 7.07. The number of anilines is 1. The molecule has 0 saturated heterocycles. The Hall–Kier alpha value is -1.33. The van der Waals surface area contributed by atoms with E-state index in [2.05, 4.69) is 74.9 Å². The Morgan fingerprint density at radius 2 is 1.91 bits per heavy atom. The lowest BCUT2D eigenvalue weighted by Crippen LogP contribution is -2.30. The van der Waals surface area contributed by atoms with E-state index < -0.39 is 0 Å². The monoisotopic (exact) mass is 434 g/mol. The van der Waals surface area contributed by atoms with Crippen LogP contribution in [0.2, 0.25) is 5.02 Å². The molecular formula is C19H16ClIN2. The fraction of sp³-hybridized carbons (Fsp3) is 0.211. The second-order valence-corrected chi connectivity index (χ2v) is 7.59. The number of hydrogen-bond acceptors (Lipinski definition) is 2. The molecule has 116 valence electrons. The molecule has 2 aromatic carbocycles. The van der Waals surface area contributed by atoms with Crippen LogP contribution in [0.3, 0.4) is 0 Å². The minimum absolute atomic E-state index is 0.776. The molecule has 1 aliphatic rings. The van der Waals surface area contributed by atoms with E-state index in [1.54, 1.807) is 0 Å². The van der Waals surface area contributed by atoms with Gasteiger partial charge in [-0.25, -0.2) is 0 Å². The van der Waals surface area contributed by atoms with E-state index in [4.69, 9.17) is 11.6 Å². The van der Waals surface area contributed by atoms with E-state index in [1.807, 2.05) is 6.92 Å². The highest BCUT2D eigenvalue weighted by molar-refractivity contribution is 14.1. The van der Waals surface area contributed by atoms with Crippen LogP contribution in [0.1, 0.15) is 16.8 Å². The summed E-state index contributed by atoms with van der Waals surface area (Å²) in [5.74, 6) is 0. The van der Waals surface area contributed by atoms with Crippen LogP contribution in [-0.4, -0.2) is 11.5 Å². The summed E-state index contributed by atoms with van der Waals surface area (Å²) >= 11 is 8.99. The molecule has 1 aliphatic heterocycles. The number of aromatic nitrogens is 1. The third-order valence-electron chi connectivity index (χ3n) is 4.48. The van der Waals surface area contributed by atoms with Crippen molar-refractivity contribution >= 4 is 50.8 Å². The van der Waals surface area contributed by atoms with Crippen molar-refractivity contribution in [3.63, 3.8) is 0 Å². The zero-order chi connectivity index (χ0) is 16.0. The molecule has 1 aromatic heterocycles. The first-order chi connectivity index (χ1) is 11.1. The Balaban J connectivity index is 1.87. The Kier molecular flexibility index (Phi) is 3.93. The largest absolute Gasteiger partial charge is 0.365 e. The van der Waals surface area contributed by atoms with Crippen molar-refractivity contribution < 1.29 is 0 Å². The number of benzene rings is 2. The number of halogens is 2. The number of hydrogen-bond donors (Lipinski definition) is 0. The van der Waals surface area contributed by atoms with Crippen molar-refractivity contribution in [1.82, 2.24) is 4.98 Å². The van der Waals surface area contributed by atoms with Crippen LogP contribution in [0.25, 0.3) is 10.9 Å². The summed E-state index contributed by atoms with van der Waals surface area (Å²) < 4.78 is 1.19. The van der Waals surface area contributed by atoms with Crippen molar-refractivity contribution in [3.05, 3.63) is 67.9 Å². The molecule has 23 heavy (non-hydrogen) atoms. The van der Waals surface area contributed by atoms with Crippen LogP contribution in [0, 0.1) is 10.5 Å². The Bertz CT molecular complexity index is 907. The van der Waals surface area contributed by atoms with E-state index in [0.29, 0.717) is 0 Å². The highest BCUT2D eigenvalue weighted by Gasteiger charge is 2.21. The highest BCUT2D eigenvalue weighted by Crippen LogP contribution is 2.38. The van der Waals surface area contributed by atoms with Gasteiger partial charge in [-0.3, -0.25) is 4.98 Å². The minimum atomic E-state index is 0.776. The lowest BCUT2D eigenvalue weighted by atomic mass is 9.99. The molecule has 0 fully saturated rings. The van der Waals surface area contributed by atoms with Crippen molar-refractivity contribution in [1.29, 1.82) is 0 Å². The van der Waals surface area contributed by atoms with Crippen LogP contribution in [0.15, 0.2) is 42.5 Å². The highest BCUT2D eigenvalue weighted by atomic mass is 127. The van der Waals surface area contributed by atoms with Gasteiger partial charge in [0.15, 0.2) is 0 Å². The fourth-order valence-corrected chi connectivity index (χ4v) is 4.05. The molecular weight excluding hydrogens is 419 g/mol. The smallest absolute Gasteiger partial charge is 0.0858 e. The minimum Gasteiger partial charge on any atom is -0.365 e. The zero-order valence-corrected chi connectivity index (χ0v) is 15.7. The summed E-state index contributed by atoms with van der Waals surface area (Å²) in [7, 11) is 0. The molecule has 0 N–H and O–H groups in total. The van der Waals surface area contributed by atoms with Gasteiger partial charge in [0.2, 0.25) is 0 Å². The SMILES string of the molecule is Cc1nc2cc(I)ccc2c(N2CCc3ccccc3C2)c1Cl. The molecule has 0 unspecified atom stereocenters. The average molecular weight is 435 g/mol. The van der Waals surface area contributed by atoms with Gasteiger partial charge in [-0.05, 0) is 65.3 Å². The van der Waals surface area contributed by atoms with Crippen LogP contribution in [0.4, 0.5) is 5.69 Å². The zero-order valence-electron chi connectivity index (χ0n) is 12.8. The van der Waals surface area contributed by atoms with Gasteiger partial charge in [0.05, 0.1) is 21.9 Å². The molecule has 0 saturated carbocycles. The van der Waals surface area contributed by atoms with Crippen molar-refractivity contribution in [2.75, 3.05) is 11.4 Å². The van der Waals surface area contributed by atoms with Gasteiger partial charge in [0.1, 0.15) is 0 Å². The summed E-state index contributed by atoms with van der Waals surface area (Å²) in [5.41, 5.74) is 5.88. The van der Waals surface area contributed by atoms with Crippen LogP contribution in [0.5, 0.6) is 0 Å². The van der Waals surface area contributed by atoms with E-state index >= 15 is 0 Å². The third-order valence-corrected chi connectivity index (χ3v) is 5.60. The van der Waals surface area contributed by atoms with Gasteiger partial charge in [-0.1, -0.05) is 35.9 Å². The van der Waals surface area contributed by atoms with E-state index in [0.717, 1.165) is 46.8 Å². The molecule has 2 nitrogen and oxygen atoms in total. The topological polar surface area (TPSA) is 16.1 Å². The van der Waals surface area contributed by atoms with Gasteiger partial charge >= 0.3 is 0 Å². The number of nitrogens with zero attached hydrogens (tertiary/aromatic N) is 2. The lowest BCUT2D eigenvalue weighted by Gasteiger charge is -2.32. The van der Waals surface area contributed by atoms with Gasteiger partial charge in [-0.15, -0.1) is 0 Å². The van der Waals surface area contributed by atoms with Crippen molar-refractivity contribution in [2.45, 2.75) is 19.9 Å². The fourth-order valence-electron chi connectivity index (χ4n) is 3.31. The maximum absolute atomic E-state index is 6.67. The summed E-state index contributed by atoms with van der Waals surface area (Å²) in [6.45, 7) is 3.88. The van der Waals surface area contributed by atoms with Gasteiger partial charge < -0.3 is 4.90 Å². The Morgan fingerprint density at radius 3 is 2.74 bits per heavy atom. The molecule has 0 atom stereocenters. The van der Waals surface area contributed by atoms with E-state index in [-0.39, 0.29) is 0 Å². The quantitative estimate of drug-likeness (QED) is 0.479. The average Bonchev–Trinajstić information content (AvgIpc) is 2.56. The molecule has 0 aliphatic carbocycles. The third kappa shape index (κ3) is 2.70. The molecule has 2 heterocycles. The second kappa shape index (κ2) is 5.95. The van der Waals surface area contributed by atoms with Crippen molar-refractivity contribution in [2.24, 2.45) is 0 Å². The summed E-state index contributed by atoms with van der Waals surface area (Å²) in [6.07, 6.45) is 1.06. The molecule has 3 aromatic rings. The maximum Gasteiger partial charge on any atom is 0.0858 e. The van der Waals surface area contributed by atoms with E-state index in [1.165, 1.54) is 14.7 Å². The standard InChI is InChI=1S/C19H16ClIN2/c1-12-18(20)19(16-7-6-15(21)10-17(16)22-12)23-9-8-13-4-2-3-5-14(13)11-23/h2-7,10H,8-9,11H2,1H3. The van der Waals surface area contributed by atoms with Gasteiger partial charge in [-0.2, -0.15) is 0 Å². The summed E-state index contributed by atoms with van der Waals surface area (Å²) in [6, 6.07) is 15.1. The molecule has 4 rings (SSSR count). The number of aryl methyl sites for hydroxylation is 1. The Morgan fingerprint density at radius 1 is 1.13 bits per heavy atom. The molecule has 0 spiro atoms. The number of fused-ring (bicyclic) bond motifs is 2. The first kappa shape index (κ1) is 15.2. The van der Waals surface area contributed by atoms with Crippen LogP contribution < -0.4 is 4.90 Å². The molecule has 0 radical (unpaired) electrons. The maximum atomic E-state index is 6.67. The van der Waals surface area contributed by atoms with Gasteiger partial charge in [0.25, 0.3) is 0 Å². The second-order valence-electron chi connectivity index (χ2n) is 5.96. The number of pyridine rings is 1. The Labute approximate surface area is 154 Å². The number of rotatable bonds is 1. The first-order valence-electron chi connectivity index (χ1n) is 7.70. The molecule has 0 bridgehead atoms. The van der Waals surface area contributed by atoms with Crippen molar-refractivity contribution in [3.8, 4) is 0 Å². The van der Waals surface area contributed by atoms with Crippen LogP contribution in [-0.2, 0) is 13.0 Å². The molecule has 0 amide bonds. The lowest BCUT2D eigenvalue weighted by molar-refractivity contribution is 0.733. The van der Waals surface area contributed by atoms with E-state index in [9.17, 15) is 0 Å². The summed E-state index contributed by atoms with van der Waals surface area (Å²) in [5, 5.41) is 1.92. The van der Waals surface area contributed by atoms with Crippen LogP contribution >= 0.6 is 34.2 Å². The first-order valence-corrected chi connectivity index (χ1v) is 9.16. The van der Waals surface area contributed by atoms with Gasteiger partial charge in [0, 0.05) is 22.0 Å². The predicted molar refractivity (Wildman–Crippen MR) is 105 cm³/mol. The normalized spacial score (nSPS) is 14.1. The predicted octanol–water partition coefficient (Wildman–Crippen LogP) is 5.36.